The van der Waals surface area contributed by atoms with E-state index < -0.39 is 11.3 Å². The maximum absolute atomic E-state index is 13.4. The quantitative estimate of drug-likeness (QED) is 0.858. The van der Waals surface area contributed by atoms with Crippen molar-refractivity contribution >= 4 is 11.6 Å². The van der Waals surface area contributed by atoms with Crippen molar-refractivity contribution < 1.29 is 13.6 Å². The molecule has 1 aliphatic heterocycles. The van der Waals surface area contributed by atoms with Crippen molar-refractivity contribution in [2.75, 3.05) is 6.54 Å². The number of hydrogen-bond donors (Lipinski definition) is 2. The smallest absolute Gasteiger partial charge is 0.248 e. The molecule has 8 heteroatoms. The Balaban J connectivity index is 1.52. The van der Waals surface area contributed by atoms with Gasteiger partial charge < -0.3 is 11.1 Å². The fourth-order valence-corrected chi connectivity index (χ4v) is 4.25. The molecule has 2 aromatic rings. The van der Waals surface area contributed by atoms with E-state index in [9.17, 15) is 13.6 Å². The zero-order valence-corrected chi connectivity index (χ0v) is 15.4. The lowest BCUT2D eigenvalue weighted by molar-refractivity contribution is -0.126. The molecule has 0 radical (unpaired) electrons. The van der Waals surface area contributed by atoms with Crippen molar-refractivity contribution in [3.63, 3.8) is 0 Å². The van der Waals surface area contributed by atoms with Gasteiger partial charge in [0.1, 0.15) is 0 Å². The van der Waals surface area contributed by atoms with E-state index in [1.165, 1.54) is 0 Å². The van der Waals surface area contributed by atoms with Crippen LogP contribution in [0.3, 0.4) is 0 Å². The summed E-state index contributed by atoms with van der Waals surface area (Å²) in [7, 11) is 0. The van der Waals surface area contributed by atoms with Crippen LogP contribution in [0.2, 0.25) is 0 Å². The summed E-state index contributed by atoms with van der Waals surface area (Å²) < 4.78 is 28.4. The zero-order valence-electron chi connectivity index (χ0n) is 15.4. The molecule has 0 aromatic carbocycles. The molecule has 1 saturated carbocycles. The molecule has 2 aliphatic rings. The van der Waals surface area contributed by atoms with Gasteiger partial charge in [-0.15, -0.1) is 0 Å². The fourth-order valence-electron chi connectivity index (χ4n) is 4.25. The molecule has 6 nitrogen and oxygen atoms in total. The van der Waals surface area contributed by atoms with Gasteiger partial charge in [0.05, 0.1) is 29.5 Å². The minimum atomic E-state index is -2.56. The first-order chi connectivity index (χ1) is 12.8. The highest BCUT2D eigenvalue weighted by atomic mass is 19.3. The second kappa shape index (κ2) is 6.51. The third-order valence-corrected chi connectivity index (χ3v) is 6.11. The van der Waals surface area contributed by atoms with Crippen molar-refractivity contribution in [1.82, 2.24) is 19.9 Å². The molecule has 1 saturated heterocycles. The van der Waals surface area contributed by atoms with E-state index in [0.29, 0.717) is 37.1 Å². The number of carbonyl (C=O) groups is 1. The van der Waals surface area contributed by atoms with Crippen LogP contribution in [0.5, 0.6) is 0 Å². The minimum Gasteiger partial charge on any atom is -0.356 e. The summed E-state index contributed by atoms with van der Waals surface area (Å²) in [6.07, 6.45) is 5.54. The average molecular weight is 377 g/mol. The van der Waals surface area contributed by atoms with Crippen molar-refractivity contribution in [2.45, 2.75) is 57.4 Å². The Bertz CT molecular complexity index is 857. The number of rotatable bonds is 4. The van der Waals surface area contributed by atoms with E-state index >= 15 is 0 Å². The Kier molecular flexibility index (Phi) is 4.41. The highest BCUT2D eigenvalue weighted by molar-refractivity contribution is 5.84. The number of hydrogen-bond acceptors (Lipinski definition) is 4. The second-order valence-corrected chi connectivity index (χ2v) is 8.29. The van der Waals surface area contributed by atoms with Crippen molar-refractivity contribution in [2.24, 2.45) is 17.1 Å². The Morgan fingerprint density at radius 1 is 1.37 bits per heavy atom. The number of carbonyl (C=O) groups excluding carboxylic acids is 1. The lowest BCUT2D eigenvalue weighted by Crippen LogP contribution is -2.31. The van der Waals surface area contributed by atoms with Crippen LogP contribution in [-0.4, -0.2) is 33.0 Å². The molecule has 2 aromatic heterocycles. The van der Waals surface area contributed by atoms with Crippen LogP contribution in [0.1, 0.15) is 56.3 Å². The highest BCUT2D eigenvalue weighted by Gasteiger charge is 2.38. The van der Waals surface area contributed by atoms with Gasteiger partial charge in [-0.25, -0.2) is 18.3 Å². The molecule has 1 aliphatic carbocycles. The number of imidazole rings is 1. The van der Waals surface area contributed by atoms with E-state index in [4.69, 9.17) is 5.73 Å². The zero-order chi connectivity index (χ0) is 19.2. The van der Waals surface area contributed by atoms with Crippen LogP contribution in [0.4, 0.5) is 8.78 Å². The fraction of sp³-hybridized carbons (Fsp3) is 0.632. The van der Waals surface area contributed by atoms with Crippen molar-refractivity contribution in [3.8, 4) is 0 Å². The van der Waals surface area contributed by atoms with Crippen LogP contribution in [0.25, 0.3) is 5.65 Å². The van der Waals surface area contributed by atoms with Gasteiger partial charge in [0.25, 0.3) is 0 Å². The number of alkyl halides is 2. The van der Waals surface area contributed by atoms with Crippen LogP contribution in [0, 0.1) is 11.3 Å². The summed E-state index contributed by atoms with van der Waals surface area (Å²) in [6.45, 7) is 2.67. The number of amides is 1. The molecular weight excluding hydrogens is 352 g/mol. The van der Waals surface area contributed by atoms with E-state index in [0.717, 1.165) is 12.0 Å². The minimum absolute atomic E-state index is 0.00936. The van der Waals surface area contributed by atoms with Gasteiger partial charge in [-0.3, -0.25) is 4.79 Å². The van der Waals surface area contributed by atoms with Crippen LogP contribution in [0.15, 0.2) is 18.5 Å². The molecule has 27 heavy (non-hydrogen) atoms. The first-order valence-corrected chi connectivity index (χ1v) is 9.52. The number of nitrogens with two attached hydrogens (primary N) is 1. The standard InChI is InChI=1S/C19H25F2N5O/c1-18(6-7-23-17(18)27)9-12-8-15-25-14(11-26(15)24-10-12)16(22)13-2-4-19(20,21)5-3-13/h8,10-11,13,16H,2-7,9,22H2,1H3,(H,23,27)/t16-,18?/m0/s1. The summed E-state index contributed by atoms with van der Waals surface area (Å²) in [5.41, 5.74) is 8.21. The molecule has 2 atom stereocenters. The lowest BCUT2D eigenvalue weighted by atomic mass is 9.81. The van der Waals surface area contributed by atoms with Crippen LogP contribution in [-0.2, 0) is 11.2 Å². The average Bonchev–Trinajstić information content (AvgIpc) is 3.18. The first-order valence-electron chi connectivity index (χ1n) is 9.52. The summed E-state index contributed by atoms with van der Waals surface area (Å²) in [4.78, 5) is 16.6. The van der Waals surface area contributed by atoms with Crippen molar-refractivity contribution in [3.05, 3.63) is 29.7 Å². The predicted octanol–water partition coefficient (Wildman–Crippen LogP) is 2.62. The largest absolute Gasteiger partial charge is 0.356 e. The number of fused-ring (bicyclic) bond motifs is 1. The Labute approximate surface area is 156 Å². The van der Waals surface area contributed by atoms with Crippen LogP contribution < -0.4 is 11.1 Å². The number of halogens is 2. The molecule has 146 valence electrons. The van der Waals surface area contributed by atoms with E-state index in [1.54, 1.807) is 16.9 Å². The predicted molar refractivity (Wildman–Crippen MR) is 96.3 cm³/mol. The van der Waals surface area contributed by atoms with Crippen LogP contribution >= 0.6 is 0 Å². The normalized spacial score (nSPS) is 27.0. The number of aromatic nitrogens is 3. The molecule has 4 rings (SSSR count). The maximum Gasteiger partial charge on any atom is 0.248 e. The molecule has 0 spiro atoms. The molecular formula is C19H25F2N5O. The summed E-state index contributed by atoms with van der Waals surface area (Å²) >= 11 is 0. The number of nitrogens with one attached hydrogen (secondary N) is 1. The maximum atomic E-state index is 13.4. The second-order valence-electron chi connectivity index (χ2n) is 8.29. The van der Waals surface area contributed by atoms with Gasteiger partial charge in [-0.05, 0) is 43.2 Å². The SMILES string of the molecule is CC1(Cc2cnn3cc([C@@H](N)C4CCC(F)(F)CC4)nc3c2)CCNC1=O. The Morgan fingerprint density at radius 3 is 2.78 bits per heavy atom. The summed E-state index contributed by atoms with van der Waals surface area (Å²) in [6, 6.07) is 1.55. The van der Waals surface area contributed by atoms with E-state index in [1.807, 2.05) is 13.0 Å². The topological polar surface area (TPSA) is 85.3 Å². The molecule has 0 bridgehead atoms. The monoisotopic (exact) mass is 377 g/mol. The molecule has 2 fully saturated rings. The molecule has 1 unspecified atom stereocenters. The van der Waals surface area contributed by atoms with Gasteiger partial charge >= 0.3 is 0 Å². The third kappa shape index (κ3) is 3.54. The lowest BCUT2D eigenvalue weighted by Gasteiger charge is -2.31. The summed E-state index contributed by atoms with van der Waals surface area (Å²) in [5.74, 6) is -2.48. The highest BCUT2D eigenvalue weighted by Crippen LogP contribution is 2.40. The van der Waals surface area contributed by atoms with E-state index in [2.05, 4.69) is 15.4 Å². The van der Waals surface area contributed by atoms with Gasteiger partial charge in [0.2, 0.25) is 11.8 Å². The van der Waals surface area contributed by atoms with Gasteiger partial charge in [-0.2, -0.15) is 5.10 Å². The first kappa shape index (κ1) is 18.3. The Morgan fingerprint density at radius 2 is 2.11 bits per heavy atom. The van der Waals surface area contributed by atoms with Crippen molar-refractivity contribution in [1.29, 1.82) is 0 Å². The van der Waals surface area contributed by atoms with E-state index in [-0.39, 0.29) is 30.7 Å². The molecule has 3 heterocycles. The number of nitrogens with zero attached hydrogens (tertiary/aromatic N) is 3. The van der Waals surface area contributed by atoms with Gasteiger partial charge in [0, 0.05) is 19.4 Å². The molecule has 1 amide bonds. The molecule has 3 N–H and O–H groups in total. The Hall–Kier alpha value is -2.09. The third-order valence-electron chi connectivity index (χ3n) is 6.11. The summed E-state index contributed by atoms with van der Waals surface area (Å²) in [5, 5.41) is 7.28. The van der Waals surface area contributed by atoms with Gasteiger partial charge in [0.15, 0.2) is 5.65 Å². The van der Waals surface area contributed by atoms with Gasteiger partial charge in [-0.1, -0.05) is 6.92 Å².